The largest absolute Gasteiger partial charge is 0.364 e. The molecule has 0 N–H and O–H groups in total. The molecule has 5 nitrogen and oxygen atoms in total. The van der Waals surface area contributed by atoms with Gasteiger partial charge < -0.3 is 9.80 Å². The lowest BCUT2D eigenvalue weighted by atomic mass is 10.1. The number of para-hydroxylation sites is 1. The Bertz CT molecular complexity index is 896. The average molecular weight is 382 g/mol. The van der Waals surface area contributed by atoms with Crippen LogP contribution in [0.5, 0.6) is 0 Å². The van der Waals surface area contributed by atoms with Crippen LogP contribution in [0.2, 0.25) is 0 Å². The minimum atomic E-state index is -0.218. The molecule has 0 unspecified atom stereocenters. The fourth-order valence-corrected chi connectivity index (χ4v) is 4.54. The van der Waals surface area contributed by atoms with Crippen molar-refractivity contribution in [1.29, 1.82) is 0 Å². The number of aryl methyl sites for hydroxylation is 1. The predicted molar refractivity (Wildman–Crippen MR) is 109 cm³/mol. The van der Waals surface area contributed by atoms with Gasteiger partial charge in [-0.2, -0.15) is 0 Å². The van der Waals surface area contributed by atoms with Crippen LogP contribution < -0.4 is 4.90 Å². The van der Waals surface area contributed by atoms with Crippen molar-refractivity contribution in [3.63, 3.8) is 0 Å². The maximum absolute atomic E-state index is 13.4. The Balaban J connectivity index is 1.76. The van der Waals surface area contributed by atoms with Gasteiger partial charge in [0.05, 0.1) is 11.3 Å². The molecule has 0 saturated carbocycles. The first-order valence-corrected chi connectivity index (χ1v) is 10.2. The molecule has 2 aromatic rings. The van der Waals surface area contributed by atoms with Gasteiger partial charge in [0, 0.05) is 31.1 Å². The van der Waals surface area contributed by atoms with Crippen LogP contribution in [0, 0.1) is 6.92 Å². The molecule has 0 bridgehead atoms. The summed E-state index contributed by atoms with van der Waals surface area (Å²) in [6.07, 6.45) is 0. The summed E-state index contributed by atoms with van der Waals surface area (Å²) in [7, 11) is 0. The highest BCUT2D eigenvalue weighted by Crippen LogP contribution is 2.37. The molecule has 1 fully saturated rings. The van der Waals surface area contributed by atoms with Crippen LogP contribution in [-0.4, -0.2) is 54.3 Å². The molecular weight excluding hydrogens is 358 g/mol. The van der Waals surface area contributed by atoms with Crippen LogP contribution in [0.1, 0.15) is 17.4 Å². The number of hydrogen-bond acceptors (Lipinski definition) is 5. The number of nitrogens with zero attached hydrogens (tertiary/aromatic N) is 3. The monoisotopic (exact) mass is 381 g/mol. The van der Waals surface area contributed by atoms with E-state index in [0.29, 0.717) is 17.0 Å². The van der Waals surface area contributed by atoms with Crippen molar-refractivity contribution in [3.8, 4) is 0 Å². The molecule has 0 spiro atoms. The first kappa shape index (κ1) is 17.9. The zero-order chi connectivity index (χ0) is 19.0. The number of thiophene rings is 1. The second-order valence-electron chi connectivity index (χ2n) is 6.85. The third-order valence-corrected chi connectivity index (χ3v) is 6.21. The number of imide groups is 1. The van der Waals surface area contributed by atoms with Crippen molar-refractivity contribution in [1.82, 2.24) is 9.80 Å². The molecular formula is C21H23N3O2S. The quantitative estimate of drug-likeness (QED) is 0.764. The van der Waals surface area contributed by atoms with Crippen LogP contribution >= 0.6 is 11.3 Å². The van der Waals surface area contributed by atoms with Crippen molar-refractivity contribution in [2.24, 2.45) is 0 Å². The summed E-state index contributed by atoms with van der Waals surface area (Å²) in [5, 5.41) is 1.95. The van der Waals surface area contributed by atoms with Crippen molar-refractivity contribution in [3.05, 3.63) is 57.9 Å². The van der Waals surface area contributed by atoms with Gasteiger partial charge in [0.15, 0.2) is 0 Å². The Morgan fingerprint density at radius 1 is 0.963 bits per heavy atom. The van der Waals surface area contributed by atoms with Gasteiger partial charge in [0.25, 0.3) is 11.8 Å². The van der Waals surface area contributed by atoms with E-state index in [1.165, 1.54) is 16.2 Å². The van der Waals surface area contributed by atoms with Gasteiger partial charge >= 0.3 is 0 Å². The maximum Gasteiger partial charge on any atom is 0.282 e. The Labute approximate surface area is 163 Å². The average Bonchev–Trinajstić information content (AvgIpc) is 3.29. The van der Waals surface area contributed by atoms with Crippen molar-refractivity contribution < 1.29 is 9.59 Å². The van der Waals surface area contributed by atoms with Gasteiger partial charge in [0.1, 0.15) is 5.70 Å². The van der Waals surface area contributed by atoms with Crippen LogP contribution in [0.3, 0.4) is 0 Å². The van der Waals surface area contributed by atoms with Crippen LogP contribution in [0.25, 0.3) is 5.57 Å². The molecule has 27 heavy (non-hydrogen) atoms. The molecule has 0 atom stereocenters. The Morgan fingerprint density at radius 2 is 1.70 bits per heavy atom. The zero-order valence-corrected chi connectivity index (χ0v) is 16.5. The fraction of sp³-hybridized carbons (Fsp3) is 0.333. The van der Waals surface area contributed by atoms with Crippen LogP contribution in [0.15, 0.2) is 47.5 Å². The summed E-state index contributed by atoms with van der Waals surface area (Å²) >= 11 is 1.51. The highest BCUT2D eigenvalue weighted by molar-refractivity contribution is 7.11. The minimum Gasteiger partial charge on any atom is -0.364 e. The Morgan fingerprint density at radius 3 is 2.33 bits per heavy atom. The molecule has 2 aliphatic heterocycles. The number of likely N-dealkylation sites (N-methyl/N-ethyl adjacent to an activating group) is 1. The number of carbonyl (C=O) groups excluding carboxylic acids is 2. The van der Waals surface area contributed by atoms with Gasteiger partial charge in [-0.1, -0.05) is 31.2 Å². The standard InChI is InChI=1S/C21H23N3O2S/c1-3-22-10-12-23(13-11-22)19-18(17-9-6-14-27-17)20(25)24(21(19)26)16-8-5-4-7-15(16)2/h4-9,14H,3,10-13H2,1-2H3. The zero-order valence-electron chi connectivity index (χ0n) is 15.6. The molecule has 2 amide bonds. The van der Waals surface area contributed by atoms with Gasteiger partial charge in [-0.25, -0.2) is 4.90 Å². The molecule has 3 heterocycles. The summed E-state index contributed by atoms with van der Waals surface area (Å²) in [6, 6.07) is 11.4. The van der Waals surface area contributed by atoms with Crippen LogP contribution in [-0.2, 0) is 9.59 Å². The van der Waals surface area contributed by atoms with Crippen LogP contribution in [0.4, 0.5) is 5.69 Å². The fourth-order valence-electron chi connectivity index (χ4n) is 3.78. The summed E-state index contributed by atoms with van der Waals surface area (Å²) in [6.45, 7) is 8.42. The van der Waals surface area contributed by atoms with Gasteiger partial charge in [0.2, 0.25) is 0 Å². The highest BCUT2D eigenvalue weighted by atomic mass is 32.1. The molecule has 1 aromatic carbocycles. The number of rotatable bonds is 4. The number of carbonyl (C=O) groups is 2. The predicted octanol–water partition coefficient (Wildman–Crippen LogP) is 2.98. The van der Waals surface area contributed by atoms with E-state index in [1.807, 2.05) is 48.7 Å². The molecule has 4 rings (SSSR count). The highest BCUT2D eigenvalue weighted by Gasteiger charge is 2.43. The molecule has 1 aromatic heterocycles. The number of benzene rings is 1. The Kier molecular flexibility index (Phi) is 4.85. The van der Waals surface area contributed by atoms with Crippen molar-refractivity contribution >= 4 is 34.4 Å². The summed E-state index contributed by atoms with van der Waals surface area (Å²) < 4.78 is 0. The Hall–Kier alpha value is -2.44. The molecule has 2 aliphatic rings. The summed E-state index contributed by atoms with van der Waals surface area (Å²) in [5.74, 6) is -0.424. The number of piperazine rings is 1. The lowest BCUT2D eigenvalue weighted by Crippen LogP contribution is -2.47. The first-order valence-electron chi connectivity index (χ1n) is 9.31. The van der Waals surface area contributed by atoms with E-state index in [0.717, 1.165) is 43.2 Å². The van der Waals surface area contributed by atoms with Crippen molar-refractivity contribution in [2.75, 3.05) is 37.6 Å². The minimum absolute atomic E-state index is 0.206. The van der Waals surface area contributed by atoms with Gasteiger partial charge in [-0.15, -0.1) is 11.3 Å². The molecule has 1 saturated heterocycles. The summed E-state index contributed by atoms with van der Waals surface area (Å²) in [4.78, 5) is 33.5. The van der Waals surface area contributed by atoms with Gasteiger partial charge in [-0.3, -0.25) is 9.59 Å². The van der Waals surface area contributed by atoms with Gasteiger partial charge in [-0.05, 0) is 36.5 Å². The molecule has 0 aliphatic carbocycles. The number of anilines is 1. The maximum atomic E-state index is 13.4. The molecule has 0 radical (unpaired) electrons. The molecule has 6 heteroatoms. The number of amides is 2. The van der Waals surface area contributed by atoms with E-state index in [4.69, 9.17) is 0 Å². The smallest absolute Gasteiger partial charge is 0.282 e. The van der Waals surface area contributed by atoms with Crippen molar-refractivity contribution in [2.45, 2.75) is 13.8 Å². The van der Waals surface area contributed by atoms with E-state index >= 15 is 0 Å². The third-order valence-electron chi connectivity index (χ3n) is 5.32. The second kappa shape index (κ2) is 7.29. The molecule has 140 valence electrons. The summed E-state index contributed by atoms with van der Waals surface area (Å²) in [5.41, 5.74) is 2.69. The van der Waals surface area contributed by atoms with E-state index in [1.54, 1.807) is 0 Å². The normalized spacial score (nSPS) is 18.7. The lowest BCUT2D eigenvalue weighted by molar-refractivity contribution is -0.120. The van der Waals surface area contributed by atoms with E-state index in [-0.39, 0.29) is 11.8 Å². The second-order valence-corrected chi connectivity index (χ2v) is 7.80. The van der Waals surface area contributed by atoms with E-state index in [9.17, 15) is 9.59 Å². The SMILES string of the molecule is CCN1CCN(C2=C(c3cccs3)C(=O)N(c3ccccc3C)C2=O)CC1. The van der Waals surface area contributed by atoms with E-state index < -0.39 is 0 Å². The lowest BCUT2D eigenvalue weighted by Gasteiger charge is -2.35. The number of hydrogen-bond donors (Lipinski definition) is 0. The van der Waals surface area contributed by atoms with E-state index in [2.05, 4.69) is 16.7 Å². The third kappa shape index (κ3) is 3.09. The first-order chi connectivity index (χ1) is 13.1. The topological polar surface area (TPSA) is 43.9 Å².